The molecule has 47 heavy (non-hydrogen) atoms. The van der Waals surface area contributed by atoms with Crippen LogP contribution in [-0.2, 0) is 23.2 Å². The monoisotopic (exact) mass is 701 g/mol. The highest BCUT2D eigenvalue weighted by Crippen LogP contribution is 2.43. The number of hydrogen-bond donors (Lipinski definition) is 2. The fourth-order valence-electron chi connectivity index (χ4n) is 8.03. The molecule has 4 saturated heterocycles. The highest BCUT2D eigenvalue weighted by molar-refractivity contribution is 9.10. The number of likely N-dealkylation sites (tertiary alicyclic amines) is 2. The molecule has 2 amide bonds. The van der Waals surface area contributed by atoms with Crippen LogP contribution in [0.2, 0.25) is 0 Å². The standard InChI is InChI=1S/C36H44BrN7O3/c1-41-20-27(17-28(21-41)39-31-18-38-42(2)35(47)33(31)37)25-5-3-24(4-6-25)19-43-15-13-36(14-16-43)22-44(23-36)29-9-7-26(8-10-29)30-11-12-32(45)40-34(30)46/h3-10,18,27-28,30,39H,11-17,19-23H2,1-2H3,(H,40,45,46). The van der Waals surface area contributed by atoms with Crippen molar-refractivity contribution in [3.05, 3.63) is 86.2 Å². The molecule has 4 fully saturated rings. The molecule has 10 nitrogen and oxygen atoms in total. The number of nitrogens with zero attached hydrogens (tertiary/aromatic N) is 5. The van der Waals surface area contributed by atoms with E-state index in [0.717, 1.165) is 63.5 Å². The van der Waals surface area contributed by atoms with Crippen molar-refractivity contribution in [1.29, 1.82) is 0 Å². The molecule has 3 aromatic rings. The Labute approximate surface area is 284 Å². The zero-order valence-electron chi connectivity index (χ0n) is 27.3. The van der Waals surface area contributed by atoms with E-state index in [0.29, 0.717) is 28.6 Å². The van der Waals surface area contributed by atoms with Gasteiger partial charge < -0.3 is 15.1 Å². The number of rotatable bonds is 7. The Bertz CT molecular complexity index is 1680. The maximum Gasteiger partial charge on any atom is 0.282 e. The number of benzene rings is 2. The molecular formula is C36H44BrN7O3. The van der Waals surface area contributed by atoms with Crippen LogP contribution in [0, 0.1) is 5.41 Å². The minimum atomic E-state index is -0.228. The molecule has 3 unspecified atom stereocenters. The summed E-state index contributed by atoms with van der Waals surface area (Å²) >= 11 is 3.45. The summed E-state index contributed by atoms with van der Waals surface area (Å²) in [6, 6.07) is 17.8. The van der Waals surface area contributed by atoms with Crippen LogP contribution >= 0.6 is 15.9 Å². The lowest BCUT2D eigenvalue weighted by atomic mass is 9.71. The average molecular weight is 703 g/mol. The van der Waals surface area contributed by atoms with Crippen molar-refractivity contribution in [1.82, 2.24) is 24.9 Å². The van der Waals surface area contributed by atoms with Gasteiger partial charge in [0.1, 0.15) is 4.47 Å². The molecular weight excluding hydrogens is 658 g/mol. The number of amides is 2. The van der Waals surface area contributed by atoms with Gasteiger partial charge in [0.2, 0.25) is 11.8 Å². The van der Waals surface area contributed by atoms with Crippen LogP contribution in [0.3, 0.4) is 0 Å². The van der Waals surface area contributed by atoms with Gasteiger partial charge in [0.05, 0.1) is 17.8 Å². The van der Waals surface area contributed by atoms with E-state index in [1.54, 1.807) is 13.2 Å². The number of aryl methyl sites for hydroxylation is 1. The number of nitrogens with one attached hydrogen (secondary N) is 2. The number of piperidine rings is 3. The molecule has 0 bridgehead atoms. The van der Waals surface area contributed by atoms with Crippen LogP contribution in [-0.4, -0.2) is 83.8 Å². The Kier molecular flexibility index (Phi) is 8.97. The van der Waals surface area contributed by atoms with E-state index in [9.17, 15) is 14.4 Å². The van der Waals surface area contributed by atoms with E-state index in [4.69, 9.17) is 0 Å². The van der Waals surface area contributed by atoms with E-state index < -0.39 is 0 Å². The lowest BCUT2D eigenvalue weighted by Crippen LogP contribution is -2.60. The molecule has 3 atom stereocenters. The molecule has 0 aliphatic carbocycles. The third kappa shape index (κ3) is 6.89. The minimum absolute atomic E-state index is 0.138. The van der Waals surface area contributed by atoms with Crippen LogP contribution < -0.4 is 21.1 Å². The lowest BCUT2D eigenvalue weighted by Gasteiger charge is -2.55. The van der Waals surface area contributed by atoms with Gasteiger partial charge in [-0.1, -0.05) is 36.4 Å². The van der Waals surface area contributed by atoms with Crippen molar-refractivity contribution in [2.24, 2.45) is 12.5 Å². The van der Waals surface area contributed by atoms with Gasteiger partial charge in [-0.25, -0.2) is 4.68 Å². The third-order valence-electron chi connectivity index (χ3n) is 10.8. The van der Waals surface area contributed by atoms with Crippen LogP contribution in [0.4, 0.5) is 11.4 Å². The molecule has 2 aromatic carbocycles. The molecule has 1 aromatic heterocycles. The minimum Gasteiger partial charge on any atom is -0.379 e. The van der Waals surface area contributed by atoms with Crippen molar-refractivity contribution >= 4 is 39.1 Å². The second-order valence-electron chi connectivity index (χ2n) is 14.3. The molecule has 7 rings (SSSR count). The Morgan fingerprint density at radius 1 is 0.957 bits per heavy atom. The molecule has 4 aliphatic heterocycles. The summed E-state index contributed by atoms with van der Waals surface area (Å²) < 4.78 is 1.87. The Morgan fingerprint density at radius 2 is 1.66 bits per heavy atom. The number of aromatic nitrogens is 2. The van der Waals surface area contributed by atoms with Crippen molar-refractivity contribution in [3.63, 3.8) is 0 Å². The third-order valence-corrected chi connectivity index (χ3v) is 11.6. The van der Waals surface area contributed by atoms with Gasteiger partial charge in [-0.3, -0.25) is 24.6 Å². The zero-order valence-corrected chi connectivity index (χ0v) is 28.8. The first-order valence-corrected chi connectivity index (χ1v) is 17.6. The zero-order chi connectivity index (χ0) is 32.7. The largest absolute Gasteiger partial charge is 0.379 e. The van der Waals surface area contributed by atoms with Crippen molar-refractivity contribution in [3.8, 4) is 0 Å². The fraction of sp³-hybridized carbons (Fsp3) is 0.500. The molecule has 1 spiro atoms. The number of halogens is 1. The van der Waals surface area contributed by atoms with Gasteiger partial charge >= 0.3 is 0 Å². The first kappa shape index (κ1) is 32.0. The molecule has 0 saturated carbocycles. The number of carbonyl (C=O) groups excluding carboxylic acids is 2. The number of likely N-dealkylation sites (N-methyl/N-ethyl adjacent to an activating group) is 1. The van der Waals surface area contributed by atoms with Crippen LogP contribution in [0.1, 0.15) is 60.6 Å². The number of carbonyl (C=O) groups is 2. The predicted molar refractivity (Wildman–Crippen MR) is 187 cm³/mol. The Balaban J connectivity index is 0.883. The molecule has 0 radical (unpaired) electrons. The van der Waals surface area contributed by atoms with Crippen LogP contribution in [0.25, 0.3) is 0 Å². The number of imide groups is 1. The summed E-state index contributed by atoms with van der Waals surface area (Å²) in [5.74, 6) is -0.155. The highest BCUT2D eigenvalue weighted by Gasteiger charge is 2.45. The summed E-state index contributed by atoms with van der Waals surface area (Å²) in [5.41, 5.74) is 5.96. The Morgan fingerprint density at radius 3 is 2.36 bits per heavy atom. The highest BCUT2D eigenvalue weighted by atomic mass is 79.9. The smallest absolute Gasteiger partial charge is 0.282 e. The first-order chi connectivity index (χ1) is 22.6. The summed E-state index contributed by atoms with van der Waals surface area (Å²) in [4.78, 5) is 43.5. The topological polar surface area (TPSA) is 103 Å². The average Bonchev–Trinajstić information content (AvgIpc) is 3.05. The predicted octanol–water partition coefficient (Wildman–Crippen LogP) is 4.07. The number of hydrogen-bond acceptors (Lipinski definition) is 8. The molecule has 248 valence electrons. The Hall–Kier alpha value is -3.54. The van der Waals surface area contributed by atoms with Gasteiger partial charge in [0.15, 0.2) is 0 Å². The fourth-order valence-corrected chi connectivity index (χ4v) is 8.50. The van der Waals surface area contributed by atoms with Crippen LogP contribution in [0.15, 0.2) is 64.0 Å². The molecule has 4 aliphatic rings. The van der Waals surface area contributed by atoms with Gasteiger partial charge in [-0.05, 0) is 96.5 Å². The quantitative estimate of drug-likeness (QED) is 0.356. The van der Waals surface area contributed by atoms with Gasteiger partial charge in [-0.2, -0.15) is 5.10 Å². The molecule has 2 N–H and O–H groups in total. The lowest BCUT2D eigenvalue weighted by molar-refractivity contribution is -0.134. The van der Waals surface area contributed by atoms with E-state index in [-0.39, 0.29) is 29.3 Å². The summed E-state index contributed by atoms with van der Waals surface area (Å²) in [5, 5.41) is 10.2. The van der Waals surface area contributed by atoms with Gasteiger partial charge in [-0.15, -0.1) is 0 Å². The molecule has 5 heterocycles. The van der Waals surface area contributed by atoms with Crippen molar-refractivity contribution in [2.75, 3.05) is 56.5 Å². The first-order valence-electron chi connectivity index (χ1n) is 16.8. The second-order valence-corrected chi connectivity index (χ2v) is 15.1. The van der Waals surface area contributed by atoms with Gasteiger partial charge in [0.25, 0.3) is 5.56 Å². The van der Waals surface area contributed by atoms with E-state index >= 15 is 0 Å². The maximum absolute atomic E-state index is 12.3. The summed E-state index contributed by atoms with van der Waals surface area (Å²) in [6.07, 6.45) is 6.16. The van der Waals surface area contributed by atoms with E-state index in [2.05, 4.69) is 102 Å². The summed E-state index contributed by atoms with van der Waals surface area (Å²) in [6.45, 7) is 7.35. The van der Waals surface area contributed by atoms with Crippen molar-refractivity contribution < 1.29 is 9.59 Å². The van der Waals surface area contributed by atoms with Gasteiger partial charge in [0, 0.05) is 63.3 Å². The maximum atomic E-state index is 12.3. The van der Waals surface area contributed by atoms with Crippen LogP contribution in [0.5, 0.6) is 0 Å². The SMILES string of the molecule is CN1CC(Nc2cnn(C)c(=O)c2Br)CC(c2ccc(CN3CCC4(CC3)CN(c3ccc(C5CCC(=O)NC5=O)cc3)C4)cc2)C1. The van der Waals surface area contributed by atoms with E-state index in [1.165, 1.54) is 34.3 Å². The van der Waals surface area contributed by atoms with Crippen molar-refractivity contribution in [2.45, 2.75) is 56.5 Å². The summed E-state index contributed by atoms with van der Waals surface area (Å²) in [7, 11) is 3.82. The molecule has 11 heteroatoms. The normalized spacial score (nSPS) is 25.0. The van der Waals surface area contributed by atoms with E-state index in [1.807, 2.05) is 0 Å². The second kappa shape index (κ2) is 13.2. The number of anilines is 2.